The van der Waals surface area contributed by atoms with Crippen LogP contribution < -0.4 is 19.3 Å². The molecule has 1 rings (SSSR count). The number of hydrogen-bond acceptors (Lipinski definition) is 3. The molecule has 7 heteroatoms. The van der Waals surface area contributed by atoms with E-state index in [1.165, 1.54) is 20.3 Å². The van der Waals surface area contributed by atoms with E-state index in [9.17, 15) is 13.2 Å². The van der Waals surface area contributed by atoms with Gasteiger partial charge in [-0.15, -0.1) is 0 Å². The summed E-state index contributed by atoms with van der Waals surface area (Å²) in [6.07, 6.45) is 0.673. The predicted octanol–water partition coefficient (Wildman–Crippen LogP) is 1.71. The number of alkyl halides is 3. The summed E-state index contributed by atoms with van der Waals surface area (Å²) in [6, 6.07) is 3.08. The maximum atomic E-state index is 12.6. The second-order valence-electron chi connectivity index (χ2n) is 3.97. The monoisotopic (exact) mass is 357 g/mol. The van der Waals surface area contributed by atoms with Gasteiger partial charge < -0.3 is 0 Å². The van der Waals surface area contributed by atoms with E-state index in [1.807, 2.05) is 6.92 Å². The summed E-state index contributed by atoms with van der Waals surface area (Å²) in [7, 11) is 2.84. The molecule has 0 unspecified atom stereocenters. The number of rotatable bonds is 7. The number of nitrogens with one attached hydrogen (secondary N) is 1. The first-order valence-electron chi connectivity index (χ1n) is 6.12. The molecule has 1 N–H and O–H groups in total. The molecule has 0 atom stereocenters. The van der Waals surface area contributed by atoms with Gasteiger partial charge in [-0.05, 0) is 0 Å². The zero-order valence-electron chi connectivity index (χ0n) is 11.6. The molecule has 0 radical (unpaired) electrons. The summed E-state index contributed by atoms with van der Waals surface area (Å²) in [5, 5.41) is -1.05. The van der Waals surface area contributed by atoms with Crippen LogP contribution in [0.5, 0.6) is 11.5 Å². The number of ether oxygens (including phenoxy) is 2. The molecule has 0 amide bonds. The van der Waals surface area contributed by atoms with E-state index in [0.717, 1.165) is 18.7 Å². The van der Waals surface area contributed by atoms with Crippen molar-refractivity contribution in [2.24, 2.45) is 0 Å². The molecule has 0 aromatic heterocycles. The molecule has 0 aliphatic carbocycles. The average molecular weight is 356 g/mol. The summed E-state index contributed by atoms with van der Waals surface area (Å²) >= 11 is -1.65. The molecule has 20 heavy (non-hydrogen) atoms. The molecular weight excluding hydrogens is 338 g/mol. The number of benzene rings is 1. The van der Waals surface area contributed by atoms with Crippen LogP contribution in [0.2, 0.25) is 0 Å². The van der Waals surface area contributed by atoms with Crippen molar-refractivity contribution in [2.45, 2.75) is 18.4 Å². The van der Waals surface area contributed by atoms with Crippen LogP contribution in [0, 0.1) is 0 Å². The van der Waals surface area contributed by atoms with Gasteiger partial charge in [-0.2, -0.15) is 0 Å². The Balaban J connectivity index is 3.03. The summed E-state index contributed by atoms with van der Waals surface area (Å²) < 4.78 is 48.1. The van der Waals surface area contributed by atoms with E-state index in [-0.39, 0.29) is 10.2 Å². The molecule has 3 nitrogen and oxygen atoms in total. The Morgan fingerprint density at radius 1 is 1.15 bits per heavy atom. The summed E-state index contributed by atoms with van der Waals surface area (Å²) in [5.74, 6) is 0.749. The molecule has 1 aromatic rings. The topological polar surface area (TPSA) is 30.5 Å². The SMILES string of the molecule is CCNCCc1cc(OC)c([Se]C(F)(F)F)cc1OC. The van der Waals surface area contributed by atoms with E-state index in [0.29, 0.717) is 12.2 Å². The van der Waals surface area contributed by atoms with E-state index in [2.05, 4.69) is 5.32 Å². The molecule has 0 heterocycles. The van der Waals surface area contributed by atoms with Gasteiger partial charge in [-0.3, -0.25) is 0 Å². The average Bonchev–Trinajstić information content (AvgIpc) is 2.38. The van der Waals surface area contributed by atoms with Crippen molar-refractivity contribution >= 4 is 19.4 Å². The number of likely N-dealkylation sites (N-methyl/N-ethyl adjacent to an activating group) is 1. The van der Waals surface area contributed by atoms with Gasteiger partial charge in [0.2, 0.25) is 0 Å². The quantitative estimate of drug-likeness (QED) is 0.596. The second-order valence-corrected chi connectivity index (χ2v) is 6.29. The van der Waals surface area contributed by atoms with E-state index >= 15 is 0 Å². The Hall–Kier alpha value is -0.911. The molecule has 0 saturated carbocycles. The third-order valence-corrected chi connectivity index (χ3v) is 4.23. The Kier molecular flexibility index (Phi) is 6.65. The molecule has 0 aliphatic rings. The maximum absolute atomic E-state index is 12.6. The molecule has 0 saturated heterocycles. The van der Waals surface area contributed by atoms with Crippen molar-refractivity contribution in [1.82, 2.24) is 5.32 Å². The molecule has 1 aromatic carbocycles. The van der Waals surface area contributed by atoms with Crippen LogP contribution in [-0.4, -0.2) is 47.3 Å². The molecule has 0 spiro atoms. The molecule has 114 valence electrons. The molecule has 0 aliphatic heterocycles. The number of halogens is 3. The minimum atomic E-state index is -4.21. The van der Waals surface area contributed by atoms with Crippen molar-refractivity contribution < 1.29 is 22.6 Å². The number of methoxy groups -OCH3 is 2. The van der Waals surface area contributed by atoms with Gasteiger partial charge in [0.1, 0.15) is 0 Å². The van der Waals surface area contributed by atoms with Gasteiger partial charge in [0, 0.05) is 0 Å². The van der Waals surface area contributed by atoms with Crippen LogP contribution in [0.15, 0.2) is 12.1 Å². The van der Waals surface area contributed by atoms with Crippen molar-refractivity contribution in [3.8, 4) is 11.5 Å². The van der Waals surface area contributed by atoms with Crippen LogP contribution in [0.4, 0.5) is 13.2 Å². The van der Waals surface area contributed by atoms with Gasteiger partial charge in [-0.1, -0.05) is 0 Å². The van der Waals surface area contributed by atoms with E-state index < -0.39 is 20.0 Å². The number of hydrogen-bond donors (Lipinski definition) is 1. The fourth-order valence-corrected chi connectivity index (χ4v) is 3.11. The van der Waals surface area contributed by atoms with Crippen LogP contribution in [-0.2, 0) is 6.42 Å². The zero-order valence-corrected chi connectivity index (χ0v) is 13.3. The third kappa shape index (κ3) is 5.23. The van der Waals surface area contributed by atoms with Crippen molar-refractivity contribution in [3.05, 3.63) is 17.7 Å². The normalized spacial score (nSPS) is 11.5. The molecular formula is C13H18F3NO2Se. The van der Waals surface area contributed by atoms with E-state index in [1.54, 1.807) is 6.07 Å². The van der Waals surface area contributed by atoms with Gasteiger partial charge in [0.05, 0.1) is 0 Å². The van der Waals surface area contributed by atoms with Crippen LogP contribution in [0.3, 0.4) is 0 Å². The van der Waals surface area contributed by atoms with Crippen molar-refractivity contribution in [2.75, 3.05) is 27.3 Å². The molecule has 0 fully saturated rings. The molecule has 0 bridgehead atoms. The first-order chi connectivity index (χ1) is 9.41. The Morgan fingerprint density at radius 3 is 2.30 bits per heavy atom. The van der Waals surface area contributed by atoms with Gasteiger partial charge in [0.25, 0.3) is 0 Å². The summed E-state index contributed by atoms with van der Waals surface area (Å²) in [4.78, 5) is 0. The second kappa shape index (κ2) is 7.76. The van der Waals surface area contributed by atoms with E-state index in [4.69, 9.17) is 9.47 Å². The fourth-order valence-electron chi connectivity index (χ4n) is 1.73. The van der Waals surface area contributed by atoms with Gasteiger partial charge in [-0.25, -0.2) is 0 Å². The van der Waals surface area contributed by atoms with Crippen molar-refractivity contribution in [1.29, 1.82) is 0 Å². The van der Waals surface area contributed by atoms with Crippen molar-refractivity contribution in [3.63, 3.8) is 0 Å². The van der Waals surface area contributed by atoms with Gasteiger partial charge in [0.15, 0.2) is 0 Å². The summed E-state index contributed by atoms with van der Waals surface area (Å²) in [6.45, 7) is 3.57. The van der Waals surface area contributed by atoms with Crippen LogP contribution >= 0.6 is 0 Å². The first kappa shape index (κ1) is 17.1. The third-order valence-electron chi connectivity index (χ3n) is 2.61. The Bertz CT molecular complexity index is 438. The Labute approximate surface area is 123 Å². The Morgan fingerprint density at radius 2 is 1.80 bits per heavy atom. The zero-order chi connectivity index (χ0) is 15.2. The standard InChI is InChI=1S/C13H18F3NO2Se/c1-4-17-6-5-9-7-11(19-3)12(8-10(9)18-2)20-13(14,15)16/h7-8,17H,4-6H2,1-3H3. The first-order valence-corrected chi connectivity index (χ1v) is 7.84. The van der Waals surface area contributed by atoms with Crippen LogP contribution in [0.1, 0.15) is 12.5 Å². The van der Waals surface area contributed by atoms with Crippen LogP contribution in [0.25, 0.3) is 0 Å². The fraction of sp³-hybridized carbons (Fsp3) is 0.538. The minimum absolute atomic E-state index is 0.150. The van der Waals surface area contributed by atoms with Gasteiger partial charge >= 0.3 is 122 Å². The predicted molar refractivity (Wildman–Crippen MR) is 73.2 cm³/mol. The summed E-state index contributed by atoms with van der Waals surface area (Å²) in [5.41, 5.74) is 0.840.